The van der Waals surface area contributed by atoms with Crippen molar-refractivity contribution < 1.29 is 0 Å². The standard InChI is InChI=1S/C17H26N2S/c1-3-17(2)13-19(15-9-10-20-12-15)16(11-18-17)14-7-5-4-6-8-14/h4-8,15-16,18H,3,9-13H2,1-2H3. The van der Waals surface area contributed by atoms with Crippen LogP contribution in [0.15, 0.2) is 30.3 Å². The summed E-state index contributed by atoms with van der Waals surface area (Å²) in [6.07, 6.45) is 2.55. The molecule has 0 bridgehead atoms. The number of nitrogens with one attached hydrogen (secondary N) is 1. The molecule has 0 aliphatic carbocycles. The van der Waals surface area contributed by atoms with Gasteiger partial charge in [0.1, 0.15) is 0 Å². The van der Waals surface area contributed by atoms with Crippen LogP contribution >= 0.6 is 11.8 Å². The molecule has 0 amide bonds. The molecule has 2 fully saturated rings. The molecule has 1 aromatic rings. The van der Waals surface area contributed by atoms with Crippen molar-refractivity contribution in [3.63, 3.8) is 0 Å². The molecule has 3 unspecified atom stereocenters. The van der Waals surface area contributed by atoms with Gasteiger partial charge >= 0.3 is 0 Å². The quantitative estimate of drug-likeness (QED) is 0.919. The van der Waals surface area contributed by atoms with E-state index in [-0.39, 0.29) is 5.54 Å². The highest BCUT2D eigenvalue weighted by atomic mass is 32.2. The summed E-state index contributed by atoms with van der Waals surface area (Å²) in [5.41, 5.74) is 1.74. The topological polar surface area (TPSA) is 15.3 Å². The molecule has 110 valence electrons. The highest BCUT2D eigenvalue weighted by Gasteiger charge is 2.39. The zero-order chi connectivity index (χ0) is 14.0. The highest BCUT2D eigenvalue weighted by molar-refractivity contribution is 7.99. The third-order valence-electron chi connectivity index (χ3n) is 4.99. The molecule has 1 N–H and O–H groups in total. The van der Waals surface area contributed by atoms with Crippen LogP contribution in [0.2, 0.25) is 0 Å². The average Bonchev–Trinajstić information content (AvgIpc) is 3.02. The molecule has 2 nitrogen and oxygen atoms in total. The van der Waals surface area contributed by atoms with E-state index in [1.807, 2.05) is 0 Å². The van der Waals surface area contributed by atoms with Gasteiger partial charge in [0.25, 0.3) is 0 Å². The van der Waals surface area contributed by atoms with Gasteiger partial charge in [-0.2, -0.15) is 11.8 Å². The van der Waals surface area contributed by atoms with Crippen molar-refractivity contribution in [3.8, 4) is 0 Å². The SMILES string of the molecule is CCC1(C)CN(C2CCSC2)C(c2ccccc2)CN1. The minimum Gasteiger partial charge on any atom is -0.308 e. The molecule has 3 rings (SSSR count). The molecule has 0 spiro atoms. The number of nitrogens with zero attached hydrogens (tertiary/aromatic N) is 1. The Kier molecular flexibility index (Phi) is 4.39. The second kappa shape index (κ2) is 6.08. The number of benzene rings is 1. The first-order chi connectivity index (χ1) is 9.72. The van der Waals surface area contributed by atoms with Crippen LogP contribution in [-0.2, 0) is 0 Å². The van der Waals surface area contributed by atoms with E-state index >= 15 is 0 Å². The van der Waals surface area contributed by atoms with Gasteiger partial charge in [0.2, 0.25) is 0 Å². The van der Waals surface area contributed by atoms with Crippen LogP contribution in [0.25, 0.3) is 0 Å². The molecule has 2 aliphatic heterocycles. The Hall–Kier alpha value is -0.510. The number of hydrogen-bond donors (Lipinski definition) is 1. The van der Waals surface area contributed by atoms with E-state index in [4.69, 9.17) is 0 Å². The smallest absolute Gasteiger partial charge is 0.0476 e. The Morgan fingerprint density at radius 2 is 2.15 bits per heavy atom. The lowest BCUT2D eigenvalue weighted by Crippen LogP contribution is -2.61. The van der Waals surface area contributed by atoms with E-state index in [9.17, 15) is 0 Å². The first-order valence-corrected chi connectivity index (χ1v) is 9.01. The summed E-state index contributed by atoms with van der Waals surface area (Å²) >= 11 is 2.12. The van der Waals surface area contributed by atoms with Crippen LogP contribution in [0, 0.1) is 0 Å². The third kappa shape index (κ3) is 2.90. The number of hydrogen-bond acceptors (Lipinski definition) is 3. The molecule has 0 radical (unpaired) electrons. The molecule has 2 heterocycles. The number of rotatable bonds is 3. The van der Waals surface area contributed by atoms with Gasteiger partial charge in [-0.1, -0.05) is 37.3 Å². The Morgan fingerprint density at radius 1 is 1.35 bits per heavy atom. The van der Waals surface area contributed by atoms with E-state index in [1.165, 1.54) is 36.5 Å². The van der Waals surface area contributed by atoms with Crippen LogP contribution in [-0.4, -0.2) is 41.1 Å². The Morgan fingerprint density at radius 3 is 2.80 bits per heavy atom. The Labute approximate surface area is 127 Å². The summed E-state index contributed by atoms with van der Waals surface area (Å²) in [6.45, 7) is 6.94. The van der Waals surface area contributed by atoms with Gasteiger partial charge < -0.3 is 5.32 Å². The van der Waals surface area contributed by atoms with Gasteiger partial charge in [-0.3, -0.25) is 4.90 Å². The van der Waals surface area contributed by atoms with Gasteiger partial charge in [0.15, 0.2) is 0 Å². The molecule has 0 saturated carbocycles. The maximum atomic E-state index is 3.80. The van der Waals surface area contributed by atoms with Crippen LogP contribution in [0.3, 0.4) is 0 Å². The van der Waals surface area contributed by atoms with E-state index in [1.54, 1.807) is 0 Å². The maximum absolute atomic E-state index is 3.80. The normalized spacial score (nSPS) is 35.3. The third-order valence-corrected chi connectivity index (χ3v) is 6.14. The molecule has 1 aromatic carbocycles. The average molecular weight is 290 g/mol. The summed E-state index contributed by atoms with van der Waals surface area (Å²) in [5.74, 6) is 2.64. The Bertz CT molecular complexity index is 430. The molecule has 20 heavy (non-hydrogen) atoms. The highest BCUT2D eigenvalue weighted by Crippen LogP contribution is 2.34. The van der Waals surface area contributed by atoms with Crippen LogP contribution < -0.4 is 5.32 Å². The minimum atomic E-state index is 0.276. The largest absolute Gasteiger partial charge is 0.308 e. The summed E-state index contributed by atoms with van der Waals surface area (Å²) in [5, 5.41) is 3.80. The zero-order valence-corrected chi connectivity index (χ0v) is 13.5. The first-order valence-electron chi connectivity index (χ1n) is 7.85. The molecule has 2 aliphatic rings. The van der Waals surface area contributed by atoms with Crippen molar-refractivity contribution >= 4 is 11.8 Å². The molecule has 3 atom stereocenters. The fraction of sp³-hybridized carbons (Fsp3) is 0.647. The lowest BCUT2D eigenvalue weighted by Gasteiger charge is -2.48. The fourth-order valence-electron chi connectivity index (χ4n) is 3.42. The summed E-state index contributed by atoms with van der Waals surface area (Å²) in [7, 11) is 0. The van der Waals surface area contributed by atoms with Crippen LogP contribution in [0.5, 0.6) is 0 Å². The molecular weight excluding hydrogens is 264 g/mol. The number of piperazine rings is 1. The van der Waals surface area contributed by atoms with Gasteiger partial charge in [0.05, 0.1) is 0 Å². The molecule has 0 aromatic heterocycles. The number of thioether (sulfide) groups is 1. The van der Waals surface area contributed by atoms with Gasteiger partial charge in [-0.15, -0.1) is 0 Å². The fourth-order valence-corrected chi connectivity index (χ4v) is 4.65. The van der Waals surface area contributed by atoms with Gasteiger partial charge in [-0.05, 0) is 31.1 Å². The lowest BCUT2D eigenvalue weighted by molar-refractivity contribution is 0.0536. The van der Waals surface area contributed by atoms with E-state index in [0.29, 0.717) is 6.04 Å². The second-order valence-corrected chi connectivity index (χ2v) is 7.56. The van der Waals surface area contributed by atoms with E-state index in [0.717, 1.165) is 12.6 Å². The minimum absolute atomic E-state index is 0.276. The van der Waals surface area contributed by atoms with Crippen LogP contribution in [0.1, 0.15) is 38.3 Å². The predicted molar refractivity (Wildman–Crippen MR) is 88.3 cm³/mol. The van der Waals surface area contributed by atoms with E-state index in [2.05, 4.69) is 66.2 Å². The first kappa shape index (κ1) is 14.4. The zero-order valence-electron chi connectivity index (χ0n) is 12.6. The van der Waals surface area contributed by atoms with Crippen molar-refractivity contribution in [1.29, 1.82) is 0 Å². The lowest BCUT2D eigenvalue weighted by atomic mass is 9.89. The summed E-state index contributed by atoms with van der Waals surface area (Å²) < 4.78 is 0. The monoisotopic (exact) mass is 290 g/mol. The van der Waals surface area contributed by atoms with Crippen molar-refractivity contribution in [3.05, 3.63) is 35.9 Å². The maximum Gasteiger partial charge on any atom is 0.0476 e. The predicted octanol–water partition coefficient (Wildman–Crippen LogP) is 3.31. The Balaban J connectivity index is 1.84. The molecule has 3 heteroatoms. The van der Waals surface area contributed by atoms with E-state index < -0.39 is 0 Å². The summed E-state index contributed by atoms with van der Waals surface area (Å²) in [4.78, 5) is 2.79. The summed E-state index contributed by atoms with van der Waals surface area (Å²) in [6, 6.07) is 12.3. The molecular formula is C17H26N2S. The van der Waals surface area contributed by atoms with Crippen molar-refractivity contribution in [2.24, 2.45) is 0 Å². The van der Waals surface area contributed by atoms with Gasteiger partial charge in [-0.25, -0.2) is 0 Å². The molecule has 2 saturated heterocycles. The van der Waals surface area contributed by atoms with Crippen LogP contribution in [0.4, 0.5) is 0 Å². The van der Waals surface area contributed by atoms with Crippen molar-refractivity contribution in [2.45, 2.75) is 44.3 Å². The van der Waals surface area contributed by atoms with Gasteiger partial charge in [0, 0.05) is 36.5 Å². The van der Waals surface area contributed by atoms with Crippen molar-refractivity contribution in [2.75, 3.05) is 24.6 Å². The van der Waals surface area contributed by atoms with Crippen molar-refractivity contribution in [1.82, 2.24) is 10.2 Å². The second-order valence-electron chi connectivity index (χ2n) is 6.41.